The van der Waals surface area contributed by atoms with Crippen LogP contribution in [0.2, 0.25) is 0 Å². The highest BCUT2D eigenvalue weighted by atomic mass is 32.2. The molecule has 0 aliphatic rings. The monoisotopic (exact) mass is 219 g/mol. The molecule has 0 saturated heterocycles. The molecule has 0 amide bonds. The predicted molar refractivity (Wildman–Crippen MR) is 65.6 cm³/mol. The molecule has 0 rings (SSSR count). The first-order valence-corrected chi connectivity index (χ1v) is 6.29. The minimum atomic E-state index is 0.0477. The maximum absolute atomic E-state index is 9.30. The molecule has 0 radical (unpaired) electrons. The van der Waals surface area contributed by atoms with Gasteiger partial charge in [0.1, 0.15) is 0 Å². The van der Waals surface area contributed by atoms with Gasteiger partial charge in [-0.05, 0) is 11.8 Å². The Hall–Kier alpha value is 0.270. The summed E-state index contributed by atoms with van der Waals surface area (Å²) in [5.41, 5.74) is 6.19. The van der Waals surface area contributed by atoms with Crippen molar-refractivity contribution in [2.45, 2.75) is 57.6 Å². The van der Waals surface area contributed by atoms with Gasteiger partial charge in [0.05, 0.1) is 6.61 Å². The van der Waals surface area contributed by atoms with Gasteiger partial charge in [0, 0.05) is 16.5 Å². The lowest BCUT2D eigenvalue weighted by atomic mass is 9.85. The smallest absolute Gasteiger partial charge is 0.0565 e. The number of rotatable bonds is 5. The zero-order valence-corrected chi connectivity index (χ0v) is 10.9. The lowest BCUT2D eigenvalue weighted by Crippen LogP contribution is -2.45. The number of nitrogens with two attached hydrogens (primary N) is 1. The van der Waals surface area contributed by atoms with E-state index in [4.69, 9.17) is 5.73 Å². The Kier molecular flexibility index (Phi) is 6.10. The highest BCUT2D eigenvalue weighted by Gasteiger charge is 2.29. The lowest BCUT2D eigenvalue weighted by Gasteiger charge is -2.34. The number of aliphatic hydroxyl groups excluding tert-OH is 1. The molecule has 3 atom stereocenters. The van der Waals surface area contributed by atoms with E-state index in [9.17, 15) is 5.11 Å². The van der Waals surface area contributed by atoms with Crippen LogP contribution in [0.1, 0.15) is 41.0 Å². The van der Waals surface area contributed by atoms with Crippen LogP contribution in [0.5, 0.6) is 0 Å². The van der Waals surface area contributed by atoms with Crippen molar-refractivity contribution in [1.29, 1.82) is 0 Å². The van der Waals surface area contributed by atoms with E-state index < -0.39 is 0 Å². The Morgan fingerprint density at radius 1 is 1.36 bits per heavy atom. The molecule has 0 bridgehead atoms. The van der Waals surface area contributed by atoms with Crippen LogP contribution in [0, 0.1) is 5.41 Å². The molecule has 0 fully saturated rings. The lowest BCUT2D eigenvalue weighted by molar-refractivity contribution is 0.233. The summed E-state index contributed by atoms with van der Waals surface area (Å²) < 4.78 is 0. The van der Waals surface area contributed by atoms with Gasteiger partial charge in [-0.15, -0.1) is 0 Å². The molecule has 0 saturated carbocycles. The summed E-state index contributed by atoms with van der Waals surface area (Å²) in [6.45, 7) is 10.9. The van der Waals surface area contributed by atoms with Gasteiger partial charge in [0.15, 0.2) is 0 Å². The highest BCUT2D eigenvalue weighted by molar-refractivity contribution is 8.00. The van der Waals surface area contributed by atoms with Crippen LogP contribution in [-0.2, 0) is 0 Å². The second kappa shape index (κ2) is 5.99. The first-order valence-electron chi connectivity index (χ1n) is 5.34. The summed E-state index contributed by atoms with van der Waals surface area (Å²) in [4.78, 5) is 0. The van der Waals surface area contributed by atoms with Crippen molar-refractivity contribution in [2.75, 3.05) is 6.61 Å². The normalized spacial score (nSPS) is 19.1. The Labute approximate surface area is 92.6 Å². The molecule has 3 heteroatoms. The van der Waals surface area contributed by atoms with E-state index in [0.717, 1.165) is 6.42 Å². The summed E-state index contributed by atoms with van der Waals surface area (Å²) in [6.07, 6.45) is 1.12. The Morgan fingerprint density at radius 3 is 2.14 bits per heavy atom. The number of aliphatic hydroxyl groups is 1. The second-order valence-corrected chi connectivity index (χ2v) is 6.65. The second-order valence-electron chi connectivity index (χ2n) is 4.97. The largest absolute Gasteiger partial charge is 0.395 e. The van der Waals surface area contributed by atoms with E-state index in [2.05, 4.69) is 34.6 Å². The molecule has 0 aromatic carbocycles. The summed E-state index contributed by atoms with van der Waals surface area (Å²) >= 11 is 1.80. The third-order valence-electron chi connectivity index (χ3n) is 2.56. The fourth-order valence-electron chi connectivity index (χ4n) is 1.19. The van der Waals surface area contributed by atoms with Crippen molar-refractivity contribution in [3.05, 3.63) is 0 Å². The van der Waals surface area contributed by atoms with E-state index in [0.29, 0.717) is 5.25 Å². The van der Waals surface area contributed by atoms with Crippen LogP contribution in [0.3, 0.4) is 0 Å². The van der Waals surface area contributed by atoms with Gasteiger partial charge in [0.2, 0.25) is 0 Å². The molecule has 2 nitrogen and oxygen atoms in total. The van der Waals surface area contributed by atoms with Crippen LogP contribution < -0.4 is 5.73 Å². The Bertz CT molecular complexity index is 156. The molecular formula is C11H25NOS. The van der Waals surface area contributed by atoms with E-state index >= 15 is 0 Å². The van der Waals surface area contributed by atoms with E-state index in [-0.39, 0.29) is 23.3 Å². The quantitative estimate of drug-likeness (QED) is 0.745. The predicted octanol–water partition coefficient (Wildman–Crippen LogP) is 2.25. The van der Waals surface area contributed by atoms with Crippen molar-refractivity contribution in [2.24, 2.45) is 11.1 Å². The average Bonchev–Trinajstić information content (AvgIpc) is 2.11. The molecule has 3 unspecified atom stereocenters. The van der Waals surface area contributed by atoms with Crippen LogP contribution in [0.4, 0.5) is 0 Å². The highest BCUT2D eigenvalue weighted by Crippen LogP contribution is 2.29. The van der Waals surface area contributed by atoms with E-state index in [1.54, 1.807) is 11.8 Å². The van der Waals surface area contributed by atoms with Gasteiger partial charge in [-0.3, -0.25) is 0 Å². The average molecular weight is 219 g/mol. The summed E-state index contributed by atoms with van der Waals surface area (Å²) in [5.74, 6) is 0. The SMILES string of the molecule is CCC(C)SC(CO)C(N)C(C)(C)C. The minimum Gasteiger partial charge on any atom is -0.395 e. The van der Waals surface area contributed by atoms with Gasteiger partial charge in [-0.1, -0.05) is 34.6 Å². The number of hydrogen-bond acceptors (Lipinski definition) is 3. The van der Waals surface area contributed by atoms with Crippen LogP contribution >= 0.6 is 11.8 Å². The zero-order valence-electron chi connectivity index (χ0n) is 10.1. The molecular weight excluding hydrogens is 194 g/mol. The Morgan fingerprint density at radius 2 is 1.86 bits per heavy atom. The van der Waals surface area contributed by atoms with Crippen LogP contribution in [-0.4, -0.2) is 28.3 Å². The maximum atomic E-state index is 9.30. The van der Waals surface area contributed by atoms with Gasteiger partial charge < -0.3 is 10.8 Å². The topological polar surface area (TPSA) is 46.2 Å². The number of hydrogen-bond donors (Lipinski definition) is 2. The fraction of sp³-hybridized carbons (Fsp3) is 1.00. The number of thioether (sulfide) groups is 1. The maximum Gasteiger partial charge on any atom is 0.0565 e. The van der Waals surface area contributed by atoms with Crippen molar-refractivity contribution in [3.63, 3.8) is 0 Å². The van der Waals surface area contributed by atoms with Crippen molar-refractivity contribution in [3.8, 4) is 0 Å². The third-order valence-corrected chi connectivity index (χ3v) is 4.15. The Balaban J connectivity index is 4.26. The first-order chi connectivity index (χ1) is 6.32. The fourth-order valence-corrected chi connectivity index (χ4v) is 2.65. The van der Waals surface area contributed by atoms with Crippen molar-refractivity contribution in [1.82, 2.24) is 0 Å². The van der Waals surface area contributed by atoms with Gasteiger partial charge in [-0.25, -0.2) is 0 Å². The van der Waals surface area contributed by atoms with Gasteiger partial charge >= 0.3 is 0 Å². The summed E-state index contributed by atoms with van der Waals surface area (Å²) in [6, 6.07) is 0.0477. The zero-order chi connectivity index (χ0) is 11.4. The molecule has 86 valence electrons. The molecule has 0 spiro atoms. The van der Waals surface area contributed by atoms with Crippen molar-refractivity contribution >= 4 is 11.8 Å². The van der Waals surface area contributed by atoms with Gasteiger partial charge in [0.25, 0.3) is 0 Å². The molecule has 3 N–H and O–H groups in total. The molecule has 0 aromatic heterocycles. The molecule has 14 heavy (non-hydrogen) atoms. The van der Waals surface area contributed by atoms with E-state index in [1.807, 2.05) is 0 Å². The van der Waals surface area contributed by atoms with Crippen LogP contribution in [0.25, 0.3) is 0 Å². The standard InChI is InChI=1S/C11H25NOS/c1-6-8(2)14-9(7-13)10(12)11(3,4)5/h8-10,13H,6-7,12H2,1-5H3. The molecule has 0 aliphatic heterocycles. The van der Waals surface area contributed by atoms with E-state index in [1.165, 1.54) is 0 Å². The first kappa shape index (κ1) is 14.3. The molecule has 0 aromatic rings. The third kappa shape index (κ3) is 4.67. The summed E-state index contributed by atoms with van der Waals surface area (Å²) in [7, 11) is 0. The molecule has 0 aliphatic carbocycles. The van der Waals surface area contributed by atoms with Gasteiger partial charge in [-0.2, -0.15) is 11.8 Å². The minimum absolute atomic E-state index is 0.0477. The van der Waals surface area contributed by atoms with Crippen molar-refractivity contribution < 1.29 is 5.11 Å². The summed E-state index contributed by atoms with van der Waals surface area (Å²) in [5, 5.41) is 10.0. The molecule has 0 heterocycles. The van der Waals surface area contributed by atoms with Crippen LogP contribution in [0.15, 0.2) is 0 Å².